The van der Waals surface area contributed by atoms with E-state index in [1.165, 1.54) is 37.6 Å². The molecule has 1 spiro atoms. The van der Waals surface area contributed by atoms with Gasteiger partial charge in [-0.3, -0.25) is 9.69 Å². The standard InChI is InChI=1S/C24H35ClN4O3/c1-26-23(32)29(13-4-16-30)21-17-18(5-6-20(21)25)22(31)28-14-11-24(12-15-28)9-7-19(8-10-24)27(2)3/h5-6,16-17,19H,4,7-15H2,1-3H3,(H,26,32). The van der Waals surface area contributed by atoms with Crippen LogP contribution in [0.25, 0.3) is 0 Å². The van der Waals surface area contributed by atoms with E-state index in [-0.39, 0.29) is 24.9 Å². The van der Waals surface area contributed by atoms with Crippen molar-refractivity contribution in [2.45, 2.75) is 51.0 Å². The van der Waals surface area contributed by atoms with Gasteiger partial charge in [0.1, 0.15) is 6.29 Å². The van der Waals surface area contributed by atoms with Crippen molar-refractivity contribution in [3.8, 4) is 0 Å². The Hall–Kier alpha value is -2.12. The molecule has 1 aromatic rings. The van der Waals surface area contributed by atoms with E-state index >= 15 is 0 Å². The average molecular weight is 463 g/mol. The van der Waals surface area contributed by atoms with Crippen LogP contribution in [0, 0.1) is 5.41 Å². The van der Waals surface area contributed by atoms with Crippen LogP contribution in [0.3, 0.4) is 0 Å². The van der Waals surface area contributed by atoms with Gasteiger partial charge in [-0.05, 0) is 76.2 Å². The smallest absolute Gasteiger partial charge is 0.321 e. The maximum atomic E-state index is 13.3. The zero-order valence-electron chi connectivity index (χ0n) is 19.4. The minimum absolute atomic E-state index is 0.0352. The fourth-order valence-electron chi connectivity index (χ4n) is 5.10. The second kappa shape index (κ2) is 10.7. The number of urea groups is 1. The van der Waals surface area contributed by atoms with E-state index in [1.54, 1.807) is 18.2 Å². The number of nitrogens with one attached hydrogen (secondary N) is 1. The van der Waals surface area contributed by atoms with Gasteiger partial charge < -0.3 is 19.9 Å². The molecule has 3 amide bonds. The summed E-state index contributed by atoms with van der Waals surface area (Å²) in [6.07, 6.45) is 7.97. The Kier molecular flexibility index (Phi) is 8.17. The molecule has 1 N–H and O–H groups in total. The molecule has 1 aliphatic heterocycles. The number of hydrogen-bond donors (Lipinski definition) is 1. The lowest BCUT2D eigenvalue weighted by Gasteiger charge is -2.47. The van der Waals surface area contributed by atoms with E-state index in [1.807, 2.05) is 4.90 Å². The number of amides is 3. The summed E-state index contributed by atoms with van der Waals surface area (Å²) in [5.74, 6) is -0.0352. The molecule has 1 saturated carbocycles. The van der Waals surface area contributed by atoms with Crippen LogP contribution in [0.2, 0.25) is 5.02 Å². The molecule has 0 atom stereocenters. The highest BCUT2D eigenvalue weighted by Crippen LogP contribution is 2.45. The molecule has 8 heteroatoms. The van der Waals surface area contributed by atoms with Crippen LogP contribution in [0.15, 0.2) is 18.2 Å². The predicted molar refractivity (Wildman–Crippen MR) is 127 cm³/mol. The van der Waals surface area contributed by atoms with Crippen molar-refractivity contribution in [1.29, 1.82) is 0 Å². The first-order valence-corrected chi connectivity index (χ1v) is 11.9. The third-order valence-corrected chi connectivity index (χ3v) is 7.59. The van der Waals surface area contributed by atoms with E-state index in [0.29, 0.717) is 27.7 Å². The summed E-state index contributed by atoms with van der Waals surface area (Å²) in [6.45, 7) is 1.71. The van der Waals surface area contributed by atoms with Crippen LogP contribution in [-0.2, 0) is 4.79 Å². The van der Waals surface area contributed by atoms with Crippen LogP contribution in [0.4, 0.5) is 10.5 Å². The van der Waals surface area contributed by atoms with Crippen molar-refractivity contribution in [2.24, 2.45) is 5.41 Å². The molecule has 2 fully saturated rings. The Morgan fingerprint density at radius 1 is 1.19 bits per heavy atom. The molecule has 0 unspecified atom stereocenters. The van der Waals surface area contributed by atoms with Crippen LogP contribution in [0.5, 0.6) is 0 Å². The number of likely N-dealkylation sites (tertiary alicyclic amines) is 1. The number of halogens is 1. The second-order valence-electron chi connectivity index (χ2n) is 9.32. The first-order valence-electron chi connectivity index (χ1n) is 11.5. The SMILES string of the molecule is CNC(=O)N(CCC=O)c1cc(C(=O)N2CCC3(CCC(N(C)C)CC3)CC2)ccc1Cl. The largest absolute Gasteiger partial charge is 0.341 e. The number of nitrogens with zero attached hydrogens (tertiary/aromatic N) is 3. The van der Waals surface area contributed by atoms with Gasteiger partial charge >= 0.3 is 6.03 Å². The molecule has 0 radical (unpaired) electrons. The summed E-state index contributed by atoms with van der Waals surface area (Å²) in [5.41, 5.74) is 1.32. The molecule has 3 rings (SSSR count). The van der Waals surface area contributed by atoms with E-state index in [2.05, 4.69) is 24.3 Å². The van der Waals surface area contributed by atoms with E-state index < -0.39 is 0 Å². The summed E-state index contributed by atoms with van der Waals surface area (Å²) < 4.78 is 0. The molecule has 1 aliphatic carbocycles. The molecular weight excluding hydrogens is 428 g/mol. The summed E-state index contributed by atoms with van der Waals surface area (Å²) in [4.78, 5) is 42.1. The number of anilines is 1. The summed E-state index contributed by atoms with van der Waals surface area (Å²) >= 11 is 6.35. The fraction of sp³-hybridized carbons (Fsp3) is 0.625. The number of piperidine rings is 1. The average Bonchev–Trinajstić information content (AvgIpc) is 2.80. The lowest BCUT2D eigenvalue weighted by atomic mass is 9.67. The van der Waals surface area contributed by atoms with Crippen molar-refractivity contribution in [1.82, 2.24) is 15.1 Å². The number of rotatable bonds is 6. The molecule has 0 bridgehead atoms. The molecule has 1 aromatic carbocycles. The fourth-order valence-corrected chi connectivity index (χ4v) is 5.32. The molecule has 176 valence electrons. The Morgan fingerprint density at radius 3 is 2.41 bits per heavy atom. The van der Waals surface area contributed by atoms with Crippen molar-refractivity contribution in [2.75, 3.05) is 45.7 Å². The number of benzene rings is 1. The molecule has 0 aromatic heterocycles. The van der Waals surface area contributed by atoms with Crippen LogP contribution in [-0.4, -0.2) is 74.8 Å². The molecule has 1 saturated heterocycles. The highest BCUT2D eigenvalue weighted by Gasteiger charge is 2.39. The topological polar surface area (TPSA) is 73.0 Å². The molecule has 32 heavy (non-hydrogen) atoms. The Bertz CT molecular complexity index is 827. The second-order valence-corrected chi connectivity index (χ2v) is 9.72. The van der Waals surface area contributed by atoms with Crippen LogP contribution in [0.1, 0.15) is 55.3 Å². The van der Waals surface area contributed by atoms with Crippen LogP contribution < -0.4 is 10.2 Å². The number of carbonyl (C=O) groups excluding carboxylic acids is 3. The van der Waals surface area contributed by atoms with Gasteiger partial charge in [0.25, 0.3) is 5.91 Å². The Morgan fingerprint density at radius 2 is 1.84 bits per heavy atom. The summed E-state index contributed by atoms with van der Waals surface area (Å²) in [7, 11) is 5.85. The van der Waals surface area contributed by atoms with Gasteiger partial charge in [-0.2, -0.15) is 0 Å². The molecular formula is C24H35ClN4O3. The third-order valence-electron chi connectivity index (χ3n) is 7.27. The van der Waals surface area contributed by atoms with Crippen LogP contribution >= 0.6 is 11.6 Å². The highest BCUT2D eigenvalue weighted by atomic mass is 35.5. The Balaban J connectivity index is 1.69. The first-order chi connectivity index (χ1) is 15.3. The first kappa shape index (κ1) is 24.5. The maximum Gasteiger partial charge on any atom is 0.321 e. The van der Waals surface area contributed by atoms with Gasteiger partial charge in [0.2, 0.25) is 0 Å². The van der Waals surface area contributed by atoms with E-state index in [9.17, 15) is 14.4 Å². The lowest BCUT2D eigenvalue weighted by molar-refractivity contribution is -0.107. The maximum absolute atomic E-state index is 13.3. The highest BCUT2D eigenvalue weighted by molar-refractivity contribution is 6.34. The van der Waals surface area contributed by atoms with Gasteiger partial charge in [-0.15, -0.1) is 0 Å². The van der Waals surface area contributed by atoms with Gasteiger partial charge in [0.05, 0.1) is 10.7 Å². The van der Waals surface area contributed by atoms with Gasteiger partial charge in [-0.25, -0.2) is 4.79 Å². The monoisotopic (exact) mass is 462 g/mol. The molecule has 7 nitrogen and oxygen atoms in total. The zero-order chi connectivity index (χ0) is 23.3. The lowest BCUT2D eigenvalue weighted by Crippen LogP contribution is -2.46. The number of hydrogen-bond acceptors (Lipinski definition) is 4. The zero-order valence-corrected chi connectivity index (χ0v) is 20.2. The third kappa shape index (κ3) is 5.44. The molecule has 1 heterocycles. The van der Waals surface area contributed by atoms with Gasteiger partial charge in [0.15, 0.2) is 0 Å². The van der Waals surface area contributed by atoms with Gasteiger partial charge in [0, 0.05) is 44.7 Å². The number of carbonyl (C=O) groups is 3. The van der Waals surface area contributed by atoms with E-state index in [4.69, 9.17) is 11.6 Å². The van der Waals surface area contributed by atoms with Crippen molar-refractivity contribution >= 4 is 35.5 Å². The molecule has 2 aliphatic rings. The minimum atomic E-state index is -0.369. The minimum Gasteiger partial charge on any atom is -0.341 e. The van der Waals surface area contributed by atoms with Gasteiger partial charge in [-0.1, -0.05) is 11.6 Å². The quantitative estimate of drug-likeness (QED) is 0.652. The van der Waals surface area contributed by atoms with E-state index in [0.717, 1.165) is 32.2 Å². The summed E-state index contributed by atoms with van der Waals surface area (Å²) in [6, 6.07) is 5.33. The van der Waals surface area contributed by atoms with Crippen molar-refractivity contribution < 1.29 is 14.4 Å². The van der Waals surface area contributed by atoms with Crippen molar-refractivity contribution in [3.05, 3.63) is 28.8 Å². The predicted octanol–water partition coefficient (Wildman–Crippen LogP) is 3.80. The summed E-state index contributed by atoms with van der Waals surface area (Å²) in [5, 5.41) is 2.94. The number of aldehydes is 1. The Labute approximate surface area is 196 Å². The van der Waals surface area contributed by atoms with Crippen molar-refractivity contribution in [3.63, 3.8) is 0 Å². The normalized spacial score (nSPS) is 18.6.